The van der Waals surface area contributed by atoms with Crippen LogP contribution in [0.2, 0.25) is 0 Å². The Balaban J connectivity index is 1.85. The summed E-state index contributed by atoms with van der Waals surface area (Å²) in [5.41, 5.74) is 3.05. The van der Waals surface area contributed by atoms with Gasteiger partial charge in [-0.2, -0.15) is 13.5 Å². The van der Waals surface area contributed by atoms with Crippen molar-refractivity contribution in [1.29, 1.82) is 0 Å². The van der Waals surface area contributed by atoms with E-state index in [1.165, 1.54) is 12.1 Å². The lowest BCUT2D eigenvalue weighted by atomic mass is 10.1. The Morgan fingerprint density at radius 3 is 2.48 bits per heavy atom. The van der Waals surface area contributed by atoms with Crippen molar-refractivity contribution in [3.05, 3.63) is 59.8 Å². The monoisotopic (exact) mass is 385 g/mol. The third kappa shape index (κ3) is 3.83. The molecule has 0 aliphatic carbocycles. The molecule has 0 atom stereocenters. The summed E-state index contributed by atoms with van der Waals surface area (Å²) in [4.78, 5) is 2.42. The van der Waals surface area contributed by atoms with Gasteiger partial charge in [0.15, 0.2) is 0 Å². The number of hydrazone groups is 1. The Bertz CT molecular complexity index is 1070. The van der Waals surface area contributed by atoms with Crippen LogP contribution in [-0.4, -0.2) is 25.8 Å². The number of para-hydroxylation sites is 1. The summed E-state index contributed by atoms with van der Waals surface area (Å²) in [6.45, 7) is 7.32. The van der Waals surface area contributed by atoms with E-state index < -0.39 is 10.0 Å². The van der Waals surface area contributed by atoms with Crippen molar-refractivity contribution in [2.75, 3.05) is 6.61 Å². The average Bonchev–Trinajstić information content (AvgIpc) is 2.93. The first-order valence-corrected chi connectivity index (χ1v) is 10.3. The second-order valence-electron chi connectivity index (χ2n) is 6.02. The molecule has 0 saturated heterocycles. The maximum atomic E-state index is 12.4. The first-order chi connectivity index (χ1) is 13.0. The van der Waals surface area contributed by atoms with E-state index >= 15 is 0 Å². The second-order valence-corrected chi connectivity index (χ2v) is 7.68. The van der Waals surface area contributed by atoms with Crippen LogP contribution in [0.1, 0.15) is 25.1 Å². The van der Waals surface area contributed by atoms with Crippen LogP contribution in [0.15, 0.2) is 58.5 Å². The van der Waals surface area contributed by atoms with E-state index in [0.717, 1.165) is 28.7 Å². The fourth-order valence-electron chi connectivity index (χ4n) is 3.12. The molecule has 6 nitrogen and oxygen atoms in total. The Labute approximate surface area is 159 Å². The van der Waals surface area contributed by atoms with Crippen LogP contribution in [-0.2, 0) is 16.6 Å². The van der Waals surface area contributed by atoms with Gasteiger partial charge in [0.2, 0.25) is 0 Å². The van der Waals surface area contributed by atoms with E-state index in [4.69, 9.17) is 4.74 Å². The summed E-state index contributed by atoms with van der Waals surface area (Å²) in [6.07, 6.45) is 1.57. The number of benzene rings is 2. The minimum Gasteiger partial charge on any atom is -0.494 e. The lowest BCUT2D eigenvalue weighted by Gasteiger charge is -2.06. The van der Waals surface area contributed by atoms with E-state index in [1.54, 1.807) is 18.3 Å². The van der Waals surface area contributed by atoms with Crippen LogP contribution in [0.4, 0.5) is 0 Å². The molecule has 3 rings (SSSR count). The molecule has 1 heterocycles. The topological polar surface area (TPSA) is 72.7 Å². The number of hydrogen-bond acceptors (Lipinski definition) is 4. The quantitative estimate of drug-likeness (QED) is 0.498. The third-order valence-electron chi connectivity index (χ3n) is 4.41. The highest BCUT2D eigenvalue weighted by Gasteiger charge is 2.14. The third-order valence-corrected chi connectivity index (χ3v) is 5.65. The van der Waals surface area contributed by atoms with Crippen LogP contribution in [0.25, 0.3) is 10.9 Å². The number of sulfonamides is 1. The molecule has 7 heteroatoms. The maximum Gasteiger partial charge on any atom is 0.276 e. The Hall–Kier alpha value is -2.80. The molecule has 3 aromatic rings. The van der Waals surface area contributed by atoms with Crippen LogP contribution in [0.5, 0.6) is 5.75 Å². The molecule has 0 radical (unpaired) electrons. The summed E-state index contributed by atoms with van der Waals surface area (Å²) in [5, 5.41) is 5.04. The number of hydrogen-bond donors (Lipinski definition) is 1. The van der Waals surface area contributed by atoms with Crippen LogP contribution < -0.4 is 9.57 Å². The highest BCUT2D eigenvalue weighted by Crippen LogP contribution is 2.24. The molecular weight excluding hydrogens is 362 g/mol. The molecule has 0 saturated carbocycles. The molecule has 0 amide bonds. The highest BCUT2D eigenvalue weighted by atomic mass is 32.2. The van der Waals surface area contributed by atoms with Crippen molar-refractivity contribution in [2.45, 2.75) is 32.2 Å². The minimum atomic E-state index is -3.74. The Morgan fingerprint density at radius 2 is 1.81 bits per heavy atom. The molecule has 0 fully saturated rings. The number of rotatable bonds is 7. The fourth-order valence-corrected chi connectivity index (χ4v) is 3.91. The van der Waals surface area contributed by atoms with Crippen LogP contribution >= 0.6 is 0 Å². The van der Waals surface area contributed by atoms with Crippen molar-refractivity contribution >= 4 is 27.1 Å². The van der Waals surface area contributed by atoms with Gasteiger partial charge in [0.1, 0.15) is 5.75 Å². The number of fused-ring (bicyclic) bond motifs is 1. The Kier molecular flexibility index (Phi) is 5.51. The van der Waals surface area contributed by atoms with Gasteiger partial charge in [-0.25, -0.2) is 4.83 Å². The maximum absolute atomic E-state index is 12.4. The molecule has 2 aromatic carbocycles. The highest BCUT2D eigenvalue weighted by molar-refractivity contribution is 7.89. The first kappa shape index (κ1) is 19.0. The largest absolute Gasteiger partial charge is 0.494 e. The van der Waals surface area contributed by atoms with Gasteiger partial charge in [0, 0.05) is 28.7 Å². The zero-order chi connectivity index (χ0) is 19.4. The summed E-state index contributed by atoms with van der Waals surface area (Å²) in [6, 6.07) is 14.3. The smallest absolute Gasteiger partial charge is 0.276 e. The second kappa shape index (κ2) is 7.84. The summed E-state index contributed by atoms with van der Waals surface area (Å²) < 4.78 is 32.4. The molecule has 0 bridgehead atoms. The molecular formula is C20H23N3O3S. The summed E-state index contributed by atoms with van der Waals surface area (Å²) >= 11 is 0. The zero-order valence-electron chi connectivity index (χ0n) is 15.6. The predicted molar refractivity (Wildman–Crippen MR) is 108 cm³/mol. The van der Waals surface area contributed by atoms with Crippen LogP contribution in [0, 0.1) is 6.92 Å². The molecule has 0 unspecified atom stereocenters. The van der Waals surface area contributed by atoms with Gasteiger partial charge < -0.3 is 9.30 Å². The minimum absolute atomic E-state index is 0.135. The van der Waals surface area contributed by atoms with E-state index in [-0.39, 0.29) is 4.90 Å². The number of nitrogens with one attached hydrogen (secondary N) is 1. The fraction of sp³-hybridized carbons (Fsp3) is 0.250. The molecule has 142 valence electrons. The molecule has 0 aliphatic heterocycles. The summed E-state index contributed by atoms with van der Waals surface area (Å²) in [7, 11) is -3.74. The van der Waals surface area contributed by atoms with Crippen molar-refractivity contribution in [2.24, 2.45) is 5.10 Å². The van der Waals surface area contributed by atoms with Gasteiger partial charge in [-0.05, 0) is 51.1 Å². The predicted octanol–water partition coefficient (Wildman–Crippen LogP) is 3.68. The van der Waals surface area contributed by atoms with E-state index in [1.807, 2.05) is 38.1 Å². The van der Waals surface area contributed by atoms with Gasteiger partial charge in [0.05, 0.1) is 17.7 Å². The lowest BCUT2D eigenvalue weighted by Crippen LogP contribution is -2.18. The average molecular weight is 385 g/mol. The van der Waals surface area contributed by atoms with Crippen molar-refractivity contribution < 1.29 is 13.2 Å². The zero-order valence-corrected chi connectivity index (χ0v) is 16.5. The van der Waals surface area contributed by atoms with Gasteiger partial charge >= 0.3 is 0 Å². The molecule has 0 aliphatic rings. The standard InChI is InChI=1S/C20H23N3O3S/c1-4-23-15(3)19(18-8-6-7-9-20(18)23)14-21-22-27(24,25)17-12-10-16(11-13-17)26-5-2/h6-14,22H,4-5H2,1-3H3/b21-14+. The van der Waals surface area contributed by atoms with Gasteiger partial charge in [0.25, 0.3) is 10.0 Å². The normalized spacial score (nSPS) is 12.0. The van der Waals surface area contributed by atoms with E-state index in [9.17, 15) is 8.42 Å². The van der Waals surface area contributed by atoms with Crippen LogP contribution in [0.3, 0.4) is 0 Å². The molecule has 1 aromatic heterocycles. The van der Waals surface area contributed by atoms with Gasteiger partial charge in [-0.15, -0.1) is 0 Å². The number of aromatic nitrogens is 1. The van der Waals surface area contributed by atoms with E-state index in [2.05, 4.69) is 21.4 Å². The number of aryl methyl sites for hydroxylation is 1. The number of ether oxygens (including phenoxy) is 1. The Morgan fingerprint density at radius 1 is 1.11 bits per heavy atom. The van der Waals surface area contributed by atoms with Crippen molar-refractivity contribution in [3.8, 4) is 5.75 Å². The van der Waals surface area contributed by atoms with Gasteiger partial charge in [-0.1, -0.05) is 18.2 Å². The summed E-state index contributed by atoms with van der Waals surface area (Å²) in [5.74, 6) is 0.628. The van der Waals surface area contributed by atoms with Crippen molar-refractivity contribution in [3.63, 3.8) is 0 Å². The van der Waals surface area contributed by atoms with E-state index in [0.29, 0.717) is 12.4 Å². The first-order valence-electron chi connectivity index (χ1n) is 8.83. The molecule has 1 N–H and O–H groups in total. The SMILES string of the molecule is CCOc1ccc(S(=O)(=O)N/N=C/c2c(C)n(CC)c3ccccc23)cc1. The lowest BCUT2D eigenvalue weighted by molar-refractivity contribution is 0.340. The van der Waals surface area contributed by atoms with Crippen molar-refractivity contribution in [1.82, 2.24) is 9.40 Å². The van der Waals surface area contributed by atoms with Gasteiger partial charge in [-0.3, -0.25) is 0 Å². The number of nitrogens with zero attached hydrogens (tertiary/aromatic N) is 2. The molecule has 0 spiro atoms. The molecule has 27 heavy (non-hydrogen) atoms.